The van der Waals surface area contributed by atoms with Crippen molar-refractivity contribution in [2.75, 3.05) is 31.7 Å². The average molecular weight is 264 g/mol. The van der Waals surface area contributed by atoms with E-state index in [2.05, 4.69) is 49.9 Å². The van der Waals surface area contributed by atoms with E-state index in [4.69, 9.17) is 10.5 Å². The SMILES string of the molecule is CCC(N)c1ccc(N(CCOC)CC(C)C)cc1. The third kappa shape index (κ3) is 5.21. The number of rotatable bonds is 8. The van der Waals surface area contributed by atoms with Crippen LogP contribution in [0.5, 0.6) is 0 Å². The maximum atomic E-state index is 6.05. The van der Waals surface area contributed by atoms with Gasteiger partial charge in [-0.2, -0.15) is 0 Å². The Bertz CT molecular complexity index is 348. The van der Waals surface area contributed by atoms with Crippen LogP contribution in [0.25, 0.3) is 0 Å². The second-order valence-electron chi connectivity index (χ2n) is 5.44. The number of benzene rings is 1. The van der Waals surface area contributed by atoms with Crippen molar-refractivity contribution in [3.05, 3.63) is 29.8 Å². The number of hydrogen-bond acceptors (Lipinski definition) is 3. The zero-order valence-corrected chi connectivity index (χ0v) is 12.7. The van der Waals surface area contributed by atoms with Gasteiger partial charge in [0.25, 0.3) is 0 Å². The molecule has 1 atom stereocenters. The van der Waals surface area contributed by atoms with Crippen molar-refractivity contribution in [1.29, 1.82) is 0 Å². The maximum Gasteiger partial charge on any atom is 0.0637 e. The Balaban J connectivity index is 2.77. The van der Waals surface area contributed by atoms with Crippen LogP contribution in [0.1, 0.15) is 38.8 Å². The largest absolute Gasteiger partial charge is 0.383 e. The van der Waals surface area contributed by atoms with Crippen LogP contribution in [0.3, 0.4) is 0 Å². The highest BCUT2D eigenvalue weighted by molar-refractivity contribution is 5.48. The Morgan fingerprint density at radius 3 is 2.32 bits per heavy atom. The summed E-state index contributed by atoms with van der Waals surface area (Å²) < 4.78 is 5.19. The molecular weight excluding hydrogens is 236 g/mol. The fraction of sp³-hybridized carbons (Fsp3) is 0.625. The van der Waals surface area contributed by atoms with Crippen molar-refractivity contribution in [2.24, 2.45) is 11.7 Å². The Morgan fingerprint density at radius 1 is 1.21 bits per heavy atom. The minimum absolute atomic E-state index is 0.145. The van der Waals surface area contributed by atoms with Crippen LogP contribution in [-0.4, -0.2) is 26.8 Å². The first-order valence-corrected chi connectivity index (χ1v) is 7.17. The Labute approximate surface area is 117 Å². The fourth-order valence-electron chi connectivity index (χ4n) is 2.14. The average Bonchev–Trinajstić information content (AvgIpc) is 2.42. The lowest BCUT2D eigenvalue weighted by Crippen LogP contribution is -2.30. The van der Waals surface area contributed by atoms with Crippen LogP contribution in [0.4, 0.5) is 5.69 Å². The molecule has 0 fully saturated rings. The minimum Gasteiger partial charge on any atom is -0.383 e. The first-order valence-electron chi connectivity index (χ1n) is 7.17. The molecule has 0 saturated carbocycles. The smallest absolute Gasteiger partial charge is 0.0637 e. The summed E-state index contributed by atoms with van der Waals surface area (Å²) in [6.45, 7) is 9.31. The quantitative estimate of drug-likeness (QED) is 0.783. The molecule has 1 aromatic carbocycles. The molecule has 1 rings (SSSR count). The number of nitrogens with zero attached hydrogens (tertiary/aromatic N) is 1. The summed E-state index contributed by atoms with van der Waals surface area (Å²) in [6, 6.07) is 8.77. The molecule has 3 nitrogen and oxygen atoms in total. The molecule has 2 N–H and O–H groups in total. The monoisotopic (exact) mass is 264 g/mol. The van der Waals surface area contributed by atoms with Gasteiger partial charge >= 0.3 is 0 Å². The topological polar surface area (TPSA) is 38.5 Å². The lowest BCUT2D eigenvalue weighted by Gasteiger charge is -2.27. The summed E-state index contributed by atoms with van der Waals surface area (Å²) in [5.41, 5.74) is 8.51. The Kier molecular flexibility index (Phi) is 6.89. The third-order valence-corrected chi connectivity index (χ3v) is 3.28. The van der Waals surface area contributed by atoms with Crippen molar-refractivity contribution in [3.8, 4) is 0 Å². The maximum absolute atomic E-state index is 6.05. The van der Waals surface area contributed by atoms with Crippen molar-refractivity contribution < 1.29 is 4.74 Å². The third-order valence-electron chi connectivity index (χ3n) is 3.28. The normalized spacial score (nSPS) is 12.7. The van der Waals surface area contributed by atoms with E-state index in [1.54, 1.807) is 7.11 Å². The van der Waals surface area contributed by atoms with Gasteiger partial charge in [-0.1, -0.05) is 32.9 Å². The molecule has 108 valence electrons. The standard InChI is InChI=1S/C16H28N2O/c1-5-16(17)14-6-8-15(9-7-14)18(10-11-19-4)12-13(2)3/h6-9,13,16H,5,10-12,17H2,1-4H3. The van der Waals surface area contributed by atoms with Crippen molar-refractivity contribution in [1.82, 2.24) is 0 Å². The zero-order chi connectivity index (χ0) is 14.3. The number of anilines is 1. The van der Waals surface area contributed by atoms with Gasteiger partial charge in [-0.25, -0.2) is 0 Å². The summed E-state index contributed by atoms with van der Waals surface area (Å²) in [4.78, 5) is 2.37. The molecule has 0 saturated heterocycles. The minimum atomic E-state index is 0.145. The molecule has 0 aliphatic heterocycles. The summed E-state index contributed by atoms with van der Waals surface area (Å²) in [5.74, 6) is 0.634. The number of ether oxygens (including phenoxy) is 1. The second kappa shape index (κ2) is 8.18. The molecule has 3 heteroatoms. The van der Waals surface area contributed by atoms with Crippen LogP contribution in [0, 0.1) is 5.92 Å². The fourth-order valence-corrected chi connectivity index (χ4v) is 2.14. The van der Waals surface area contributed by atoms with E-state index in [0.29, 0.717) is 5.92 Å². The Hall–Kier alpha value is -1.06. The van der Waals surface area contributed by atoms with Gasteiger partial charge in [0.15, 0.2) is 0 Å². The summed E-state index contributed by atoms with van der Waals surface area (Å²) in [6.07, 6.45) is 0.971. The summed E-state index contributed by atoms with van der Waals surface area (Å²) in [7, 11) is 1.75. The number of methoxy groups -OCH3 is 1. The van der Waals surface area contributed by atoms with Gasteiger partial charge in [0, 0.05) is 31.9 Å². The van der Waals surface area contributed by atoms with Gasteiger partial charge in [0.1, 0.15) is 0 Å². The van der Waals surface area contributed by atoms with E-state index in [-0.39, 0.29) is 6.04 Å². The number of hydrogen-bond donors (Lipinski definition) is 1. The van der Waals surface area contributed by atoms with Crippen LogP contribution >= 0.6 is 0 Å². The molecule has 0 aromatic heterocycles. The highest BCUT2D eigenvalue weighted by Crippen LogP contribution is 2.20. The van der Waals surface area contributed by atoms with E-state index in [9.17, 15) is 0 Å². The Morgan fingerprint density at radius 2 is 1.84 bits per heavy atom. The van der Waals surface area contributed by atoms with Crippen molar-refractivity contribution >= 4 is 5.69 Å². The van der Waals surface area contributed by atoms with Gasteiger partial charge in [-0.3, -0.25) is 0 Å². The van der Waals surface area contributed by atoms with Crippen molar-refractivity contribution in [2.45, 2.75) is 33.2 Å². The first-order chi connectivity index (χ1) is 9.08. The van der Waals surface area contributed by atoms with Gasteiger partial charge in [-0.15, -0.1) is 0 Å². The lowest BCUT2D eigenvalue weighted by atomic mass is 10.0. The molecule has 0 amide bonds. The van der Waals surface area contributed by atoms with Gasteiger partial charge in [-0.05, 0) is 30.0 Å². The zero-order valence-electron chi connectivity index (χ0n) is 12.7. The molecule has 19 heavy (non-hydrogen) atoms. The van der Waals surface area contributed by atoms with Crippen molar-refractivity contribution in [3.63, 3.8) is 0 Å². The van der Waals surface area contributed by atoms with E-state index in [0.717, 1.165) is 26.1 Å². The lowest BCUT2D eigenvalue weighted by molar-refractivity contribution is 0.204. The van der Waals surface area contributed by atoms with Gasteiger partial charge < -0.3 is 15.4 Å². The molecule has 0 aliphatic rings. The highest BCUT2D eigenvalue weighted by Gasteiger charge is 2.09. The van der Waals surface area contributed by atoms with Crippen LogP contribution in [0.2, 0.25) is 0 Å². The predicted octanol–water partition coefficient (Wildman–Crippen LogP) is 3.21. The molecular formula is C16H28N2O. The van der Waals surface area contributed by atoms with Gasteiger partial charge in [0.05, 0.1) is 6.61 Å². The molecule has 0 radical (unpaired) electrons. The summed E-state index contributed by atoms with van der Waals surface area (Å²) >= 11 is 0. The molecule has 0 heterocycles. The second-order valence-corrected chi connectivity index (χ2v) is 5.44. The van der Waals surface area contributed by atoms with E-state index >= 15 is 0 Å². The van der Waals surface area contributed by atoms with Gasteiger partial charge in [0.2, 0.25) is 0 Å². The summed E-state index contributed by atoms with van der Waals surface area (Å²) in [5, 5.41) is 0. The van der Waals surface area contributed by atoms with Crippen LogP contribution in [0.15, 0.2) is 24.3 Å². The molecule has 0 bridgehead atoms. The van der Waals surface area contributed by atoms with E-state index < -0.39 is 0 Å². The molecule has 1 aromatic rings. The van der Waals surface area contributed by atoms with E-state index in [1.165, 1.54) is 11.3 Å². The van der Waals surface area contributed by atoms with Crippen LogP contribution < -0.4 is 10.6 Å². The predicted molar refractivity (Wildman–Crippen MR) is 82.6 cm³/mol. The molecule has 0 aliphatic carbocycles. The molecule has 0 spiro atoms. The van der Waals surface area contributed by atoms with E-state index in [1.807, 2.05) is 0 Å². The first kappa shape index (κ1) is 16.0. The molecule has 1 unspecified atom stereocenters. The number of nitrogens with two attached hydrogens (primary N) is 1. The highest BCUT2D eigenvalue weighted by atomic mass is 16.5. The van der Waals surface area contributed by atoms with Crippen LogP contribution in [-0.2, 0) is 4.74 Å².